The first-order chi connectivity index (χ1) is 13.2. The standard InChI is InChI=1S/C21H27N3O3/c1-4-16-7-5-6-12-24(16)20-11-8-15(14-22-20)21(25)23-18-13-17(26-2)9-10-19(18)27-3/h8-11,13-14,16H,4-7,12H2,1-3H3,(H,23,25). The lowest BCUT2D eigenvalue weighted by Gasteiger charge is -2.36. The number of carbonyl (C=O) groups excluding carboxylic acids is 1. The van der Waals surface area contributed by atoms with E-state index in [9.17, 15) is 4.79 Å². The van der Waals surface area contributed by atoms with Crippen LogP contribution in [0.5, 0.6) is 11.5 Å². The quantitative estimate of drug-likeness (QED) is 0.830. The summed E-state index contributed by atoms with van der Waals surface area (Å²) in [6.45, 7) is 3.24. The first kappa shape index (κ1) is 19.0. The number of nitrogens with zero attached hydrogens (tertiary/aromatic N) is 2. The van der Waals surface area contributed by atoms with Gasteiger partial charge in [-0.15, -0.1) is 0 Å². The van der Waals surface area contributed by atoms with Gasteiger partial charge in [0.15, 0.2) is 0 Å². The summed E-state index contributed by atoms with van der Waals surface area (Å²) in [4.78, 5) is 19.5. The summed E-state index contributed by atoms with van der Waals surface area (Å²) >= 11 is 0. The number of anilines is 2. The molecule has 2 heterocycles. The Labute approximate surface area is 160 Å². The minimum absolute atomic E-state index is 0.230. The van der Waals surface area contributed by atoms with E-state index in [0.717, 1.165) is 18.8 Å². The summed E-state index contributed by atoms with van der Waals surface area (Å²) in [6, 6.07) is 9.58. The van der Waals surface area contributed by atoms with Crippen LogP contribution in [0.1, 0.15) is 43.0 Å². The lowest BCUT2D eigenvalue weighted by Crippen LogP contribution is -2.39. The summed E-state index contributed by atoms with van der Waals surface area (Å²) in [5.74, 6) is 1.94. The fourth-order valence-corrected chi connectivity index (χ4v) is 3.52. The molecule has 6 heteroatoms. The highest BCUT2D eigenvalue weighted by Crippen LogP contribution is 2.29. The molecule has 1 aromatic carbocycles. The molecule has 1 N–H and O–H groups in total. The third kappa shape index (κ3) is 4.32. The van der Waals surface area contributed by atoms with E-state index in [1.165, 1.54) is 19.3 Å². The zero-order valence-electron chi connectivity index (χ0n) is 16.2. The first-order valence-corrected chi connectivity index (χ1v) is 9.42. The Morgan fingerprint density at radius 3 is 2.74 bits per heavy atom. The Kier molecular flexibility index (Phi) is 6.16. The Morgan fingerprint density at radius 1 is 1.22 bits per heavy atom. The van der Waals surface area contributed by atoms with Gasteiger partial charge in [-0.2, -0.15) is 0 Å². The van der Waals surface area contributed by atoms with Crippen molar-refractivity contribution < 1.29 is 14.3 Å². The minimum atomic E-state index is -0.230. The Hall–Kier alpha value is -2.76. The molecule has 1 unspecified atom stereocenters. The van der Waals surface area contributed by atoms with Crippen molar-refractivity contribution >= 4 is 17.4 Å². The van der Waals surface area contributed by atoms with Crippen LogP contribution in [0.25, 0.3) is 0 Å². The van der Waals surface area contributed by atoms with Crippen molar-refractivity contribution in [1.29, 1.82) is 0 Å². The number of pyridine rings is 1. The van der Waals surface area contributed by atoms with E-state index >= 15 is 0 Å². The second kappa shape index (κ2) is 8.75. The summed E-state index contributed by atoms with van der Waals surface area (Å²) in [7, 11) is 3.15. The van der Waals surface area contributed by atoms with Crippen molar-refractivity contribution in [2.45, 2.75) is 38.6 Å². The molecule has 1 saturated heterocycles. The van der Waals surface area contributed by atoms with Crippen LogP contribution < -0.4 is 19.7 Å². The van der Waals surface area contributed by atoms with Crippen molar-refractivity contribution in [3.8, 4) is 11.5 Å². The maximum atomic E-state index is 12.6. The average molecular weight is 369 g/mol. The van der Waals surface area contributed by atoms with Crippen LogP contribution in [0.3, 0.4) is 0 Å². The number of rotatable bonds is 6. The van der Waals surface area contributed by atoms with Gasteiger partial charge in [0.25, 0.3) is 5.91 Å². The van der Waals surface area contributed by atoms with Crippen LogP contribution in [0.2, 0.25) is 0 Å². The predicted molar refractivity (Wildman–Crippen MR) is 107 cm³/mol. The average Bonchev–Trinajstić information content (AvgIpc) is 2.73. The van der Waals surface area contributed by atoms with Crippen LogP contribution in [0.15, 0.2) is 36.5 Å². The summed E-state index contributed by atoms with van der Waals surface area (Å²) in [5, 5.41) is 2.87. The number of hydrogen-bond donors (Lipinski definition) is 1. The van der Waals surface area contributed by atoms with Crippen LogP contribution in [-0.4, -0.2) is 37.7 Å². The highest BCUT2D eigenvalue weighted by molar-refractivity contribution is 6.05. The Bertz CT molecular complexity index is 777. The molecule has 27 heavy (non-hydrogen) atoms. The van der Waals surface area contributed by atoms with Gasteiger partial charge in [0.05, 0.1) is 25.5 Å². The van der Waals surface area contributed by atoms with Gasteiger partial charge in [0.2, 0.25) is 0 Å². The molecule has 1 atom stereocenters. The fraction of sp³-hybridized carbons (Fsp3) is 0.429. The molecule has 1 fully saturated rings. The van der Waals surface area contributed by atoms with Gasteiger partial charge in [-0.1, -0.05) is 6.92 Å². The normalized spacial score (nSPS) is 16.7. The van der Waals surface area contributed by atoms with Crippen molar-refractivity contribution in [3.05, 3.63) is 42.1 Å². The molecule has 1 aromatic heterocycles. The number of piperidine rings is 1. The molecule has 0 bridgehead atoms. The Morgan fingerprint density at radius 2 is 2.07 bits per heavy atom. The molecular weight excluding hydrogens is 342 g/mol. The number of nitrogens with one attached hydrogen (secondary N) is 1. The van der Waals surface area contributed by atoms with Gasteiger partial charge in [-0.05, 0) is 49.9 Å². The van der Waals surface area contributed by atoms with Crippen molar-refractivity contribution in [2.75, 3.05) is 31.0 Å². The van der Waals surface area contributed by atoms with Gasteiger partial charge < -0.3 is 19.7 Å². The fourth-order valence-electron chi connectivity index (χ4n) is 3.52. The van der Waals surface area contributed by atoms with Gasteiger partial charge in [0, 0.05) is 24.8 Å². The van der Waals surface area contributed by atoms with Gasteiger partial charge in [0.1, 0.15) is 17.3 Å². The molecule has 1 amide bonds. The molecule has 2 aromatic rings. The summed E-state index contributed by atoms with van der Waals surface area (Å²) < 4.78 is 10.5. The number of methoxy groups -OCH3 is 2. The summed E-state index contributed by atoms with van der Waals surface area (Å²) in [5.41, 5.74) is 1.07. The van der Waals surface area contributed by atoms with Crippen molar-refractivity contribution in [2.24, 2.45) is 0 Å². The number of benzene rings is 1. The highest BCUT2D eigenvalue weighted by Gasteiger charge is 2.22. The smallest absolute Gasteiger partial charge is 0.257 e. The largest absolute Gasteiger partial charge is 0.497 e. The molecule has 0 aliphatic carbocycles. The molecule has 0 radical (unpaired) electrons. The van der Waals surface area contributed by atoms with E-state index in [1.807, 2.05) is 12.1 Å². The molecule has 1 aliphatic rings. The molecule has 0 saturated carbocycles. The van der Waals surface area contributed by atoms with E-state index in [-0.39, 0.29) is 5.91 Å². The van der Waals surface area contributed by atoms with E-state index in [4.69, 9.17) is 9.47 Å². The number of aromatic nitrogens is 1. The Balaban J connectivity index is 1.74. The molecule has 1 aliphatic heterocycles. The zero-order valence-corrected chi connectivity index (χ0v) is 16.2. The number of hydrogen-bond acceptors (Lipinski definition) is 5. The SMILES string of the molecule is CCC1CCCCN1c1ccc(C(=O)Nc2cc(OC)ccc2OC)cn1. The lowest BCUT2D eigenvalue weighted by molar-refractivity contribution is 0.102. The second-order valence-corrected chi connectivity index (χ2v) is 6.68. The van der Waals surface area contributed by atoms with Crippen LogP contribution in [-0.2, 0) is 0 Å². The predicted octanol–water partition coefficient (Wildman–Crippen LogP) is 4.12. The molecule has 144 valence electrons. The molecular formula is C21H27N3O3. The number of carbonyl (C=O) groups is 1. The van der Waals surface area contributed by atoms with Crippen molar-refractivity contribution in [3.63, 3.8) is 0 Å². The van der Waals surface area contributed by atoms with Crippen LogP contribution in [0.4, 0.5) is 11.5 Å². The summed E-state index contributed by atoms with van der Waals surface area (Å²) in [6.07, 6.45) is 6.42. The molecule has 3 rings (SSSR count). The van der Waals surface area contributed by atoms with Crippen LogP contribution in [0, 0.1) is 0 Å². The van der Waals surface area contributed by atoms with E-state index < -0.39 is 0 Å². The lowest BCUT2D eigenvalue weighted by atomic mass is 10.00. The maximum absolute atomic E-state index is 12.6. The third-order valence-corrected chi connectivity index (χ3v) is 5.06. The number of ether oxygens (including phenoxy) is 2. The van der Waals surface area contributed by atoms with Gasteiger partial charge in [-0.25, -0.2) is 4.98 Å². The van der Waals surface area contributed by atoms with E-state index in [2.05, 4.69) is 22.1 Å². The number of amides is 1. The molecule has 6 nitrogen and oxygen atoms in total. The minimum Gasteiger partial charge on any atom is -0.497 e. The zero-order chi connectivity index (χ0) is 19.2. The van der Waals surface area contributed by atoms with Crippen LogP contribution >= 0.6 is 0 Å². The van der Waals surface area contributed by atoms with Gasteiger partial charge in [-0.3, -0.25) is 4.79 Å². The monoisotopic (exact) mass is 369 g/mol. The topological polar surface area (TPSA) is 63.7 Å². The van der Waals surface area contributed by atoms with Crippen molar-refractivity contribution in [1.82, 2.24) is 4.98 Å². The maximum Gasteiger partial charge on any atom is 0.257 e. The first-order valence-electron chi connectivity index (χ1n) is 9.42. The van der Waals surface area contributed by atoms with Gasteiger partial charge >= 0.3 is 0 Å². The highest BCUT2D eigenvalue weighted by atomic mass is 16.5. The van der Waals surface area contributed by atoms with E-state index in [1.54, 1.807) is 38.6 Å². The van der Waals surface area contributed by atoms with E-state index in [0.29, 0.717) is 28.8 Å². The second-order valence-electron chi connectivity index (χ2n) is 6.68. The molecule has 0 spiro atoms. The third-order valence-electron chi connectivity index (χ3n) is 5.06.